The maximum absolute atomic E-state index is 2.45. The van der Waals surface area contributed by atoms with Crippen molar-refractivity contribution in [1.82, 2.24) is 0 Å². The molecule has 9 aromatic rings. The Balaban J connectivity index is 1.32. The average Bonchev–Trinajstić information content (AvgIpc) is 3.08. The maximum atomic E-state index is 2.45. The highest BCUT2D eigenvalue weighted by molar-refractivity contribution is 6.40. The third-order valence-corrected chi connectivity index (χ3v) is 9.16. The minimum atomic E-state index is 1.14. The molecule has 0 amide bonds. The molecule has 0 radical (unpaired) electrons. The molecule has 0 atom stereocenters. The van der Waals surface area contributed by atoms with Gasteiger partial charge in [-0.2, -0.15) is 0 Å². The van der Waals surface area contributed by atoms with Crippen molar-refractivity contribution in [3.8, 4) is 0 Å². The lowest BCUT2D eigenvalue weighted by Gasteiger charge is -2.30. The summed E-state index contributed by atoms with van der Waals surface area (Å²) in [5.41, 5.74) is 7.16. The van der Waals surface area contributed by atoms with Crippen LogP contribution in [-0.4, -0.2) is 0 Å². The van der Waals surface area contributed by atoms with Crippen LogP contribution in [0, 0.1) is 6.92 Å². The van der Waals surface area contributed by atoms with Gasteiger partial charge in [-0.15, -0.1) is 0 Å². The second kappa shape index (κ2) is 9.69. The normalized spacial score (nSPS) is 12.1. The van der Waals surface area contributed by atoms with Crippen LogP contribution in [0.5, 0.6) is 0 Å². The van der Waals surface area contributed by atoms with Crippen LogP contribution in [0.3, 0.4) is 0 Å². The van der Waals surface area contributed by atoms with Crippen LogP contribution >= 0.6 is 0 Å². The summed E-state index contributed by atoms with van der Waals surface area (Å²) in [6.07, 6.45) is 4.38. The smallest absolute Gasteiger partial charge is 0.0619 e. The summed E-state index contributed by atoms with van der Waals surface area (Å²) in [6, 6.07) is 53.4. The van der Waals surface area contributed by atoms with Crippen LogP contribution in [0.2, 0.25) is 0 Å². The summed E-state index contributed by atoms with van der Waals surface area (Å²) in [5.74, 6) is 0. The highest BCUT2D eigenvalue weighted by Gasteiger charge is 2.24. The van der Waals surface area contributed by atoms with E-state index in [2.05, 4.69) is 170 Å². The van der Waals surface area contributed by atoms with E-state index in [0.717, 1.165) is 11.4 Å². The molecule has 0 aromatic heterocycles. The second-order valence-corrected chi connectivity index (χ2v) is 11.9. The fraction of sp³-hybridized carbons (Fsp3) is 0.0233. The molecule has 0 aliphatic carbocycles. The molecule has 0 aliphatic rings. The highest BCUT2D eigenvalue weighted by Crippen LogP contribution is 2.51. The first-order chi connectivity index (χ1) is 21.7. The van der Waals surface area contributed by atoms with E-state index >= 15 is 0 Å². The molecular weight excluding hydrogens is 530 g/mol. The summed E-state index contributed by atoms with van der Waals surface area (Å²) in [6.45, 7) is 2.12. The van der Waals surface area contributed by atoms with Crippen molar-refractivity contribution in [3.63, 3.8) is 0 Å². The standard InChI is InChI=1S/C43H29N/c1-28-13-15-29(16-14-28)17-18-30-19-24-36(25-20-30)44(35-10-3-2-4-11-35)43-37-12-6-8-32-21-22-34-27-33-9-5-7-31-23-26-38(43)42(39(31)33)41(34)40(32)37/h2-27H,1H3. The van der Waals surface area contributed by atoms with E-state index in [1.54, 1.807) is 0 Å². The van der Waals surface area contributed by atoms with E-state index in [9.17, 15) is 0 Å². The molecule has 1 nitrogen and oxygen atoms in total. The Bertz CT molecular complexity index is 2470. The Hall–Kier alpha value is -5.66. The topological polar surface area (TPSA) is 3.24 Å². The lowest BCUT2D eigenvalue weighted by atomic mass is 9.85. The van der Waals surface area contributed by atoms with Gasteiger partial charge >= 0.3 is 0 Å². The molecular formula is C43H29N. The number of hydrogen-bond donors (Lipinski definition) is 0. The van der Waals surface area contributed by atoms with E-state index in [-0.39, 0.29) is 0 Å². The van der Waals surface area contributed by atoms with Crippen LogP contribution < -0.4 is 4.90 Å². The molecule has 0 unspecified atom stereocenters. The summed E-state index contributed by atoms with van der Waals surface area (Å²) in [5, 5.41) is 13.1. The minimum absolute atomic E-state index is 1.14. The van der Waals surface area contributed by atoms with E-state index in [4.69, 9.17) is 0 Å². The van der Waals surface area contributed by atoms with Crippen LogP contribution in [0.25, 0.3) is 66.0 Å². The molecule has 206 valence electrons. The number of nitrogens with zero attached hydrogens (tertiary/aromatic N) is 1. The lowest BCUT2D eigenvalue weighted by molar-refractivity contribution is 1.31. The number of benzene rings is 9. The molecule has 0 spiro atoms. The maximum Gasteiger partial charge on any atom is 0.0619 e. The van der Waals surface area contributed by atoms with Crippen LogP contribution in [0.4, 0.5) is 17.1 Å². The first kappa shape index (κ1) is 24.9. The largest absolute Gasteiger partial charge is 0.309 e. The van der Waals surface area contributed by atoms with E-state index in [0.29, 0.717) is 0 Å². The zero-order valence-electron chi connectivity index (χ0n) is 24.5. The Labute approximate surface area is 256 Å². The minimum Gasteiger partial charge on any atom is -0.309 e. The third kappa shape index (κ3) is 3.80. The van der Waals surface area contributed by atoms with Crippen molar-refractivity contribution >= 4 is 83.1 Å². The van der Waals surface area contributed by atoms with Crippen LogP contribution in [0.15, 0.2) is 146 Å². The molecule has 1 heteroatoms. The molecule has 0 heterocycles. The number of hydrogen-bond acceptors (Lipinski definition) is 1. The van der Waals surface area contributed by atoms with E-state index in [1.807, 2.05) is 0 Å². The Morgan fingerprint density at radius 2 is 0.977 bits per heavy atom. The third-order valence-electron chi connectivity index (χ3n) is 9.16. The number of aryl methyl sites for hydroxylation is 1. The van der Waals surface area contributed by atoms with Gasteiger partial charge in [-0.1, -0.05) is 133 Å². The lowest BCUT2D eigenvalue weighted by Crippen LogP contribution is -2.11. The monoisotopic (exact) mass is 559 g/mol. The molecule has 0 fully saturated rings. The fourth-order valence-electron chi connectivity index (χ4n) is 7.11. The second-order valence-electron chi connectivity index (χ2n) is 11.9. The molecule has 0 N–H and O–H groups in total. The first-order valence-corrected chi connectivity index (χ1v) is 15.3. The van der Waals surface area contributed by atoms with Gasteiger partial charge in [0, 0.05) is 27.5 Å². The summed E-state index contributed by atoms with van der Waals surface area (Å²) >= 11 is 0. The molecule has 0 saturated heterocycles. The van der Waals surface area contributed by atoms with E-state index in [1.165, 1.54) is 76.2 Å². The predicted octanol–water partition coefficient (Wildman–Crippen LogP) is 12.3. The van der Waals surface area contributed by atoms with Gasteiger partial charge in [0.1, 0.15) is 0 Å². The van der Waals surface area contributed by atoms with Gasteiger partial charge in [-0.05, 0) is 86.1 Å². The summed E-state index contributed by atoms with van der Waals surface area (Å²) < 4.78 is 0. The SMILES string of the molecule is Cc1ccc(C=Cc2ccc(N(c3ccccc3)c3c4cccc5ccc6cc7cccc8ccc3c(c87)c6c54)cc2)cc1. The quantitative estimate of drug-likeness (QED) is 0.115. The molecule has 9 aromatic carbocycles. The number of para-hydroxylation sites is 1. The number of anilines is 3. The number of rotatable bonds is 5. The average molecular weight is 560 g/mol. The van der Waals surface area contributed by atoms with Crippen LogP contribution in [0.1, 0.15) is 16.7 Å². The Morgan fingerprint density at radius 1 is 0.409 bits per heavy atom. The Morgan fingerprint density at radius 3 is 1.75 bits per heavy atom. The van der Waals surface area contributed by atoms with E-state index < -0.39 is 0 Å². The van der Waals surface area contributed by atoms with Gasteiger partial charge in [0.2, 0.25) is 0 Å². The summed E-state index contributed by atoms with van der Waals surface area (Å²) in [7, 11) is 0. The van der Waals surface area contributed by atoms with Gasteiger partial charge < -0.3 is 4.90 Å². The van der Waals surface area contributed by atoms with Gasteiger partial charge in [-0.25, -0.2) is 0 Å². The molecule has 0 saturated carbocycles. The zero-order valence-corrected chi connectivity index (χ0v) is 24.5. The first-order valence-electron chi connectivity index (χ1n) is 15.3. The molecule has 44 heavy (non-hydrogen) atoms. The van der Waals surface area contributed by atoms with Gasteiger partial charge in [0.25, 0.3) is 0 Å². The van der Waals surface area contributed by atoms with Crippen molar-refractivity contribution in [2.75, 3.05) is 4.90 Å². The molecule has 0 bridgehead atoms. The van der Waals surface area contributed by atoms with Gasteiger partial charge in [-0.3, -0.25) is 0 Å². The fourth-order valence-corrected chi connectivity index (χ4v) is 7.11. The van der Waals surface area contributed by atoms with Gasteiger partial charge in [0.15, 0.2) is 0 Å². The van der Waals surface area contributed by atoms with Crippen molar-refractivity contribution in [2.24, 2.45) is 0 Å². The van der Waals surface area contributed by atoms with Crippen molar-refractivity contribution in [2.45, 2.75) is 6.92 Å². The van der Waals surface area contributed by atoms with Gasteiger partial charge in [0.05, 0.1) is 5.69 Å². The molecule has 0 aliphatic heterocycles. The van der Waals surface area contributed by atoms with Crippen LogP contribution in [-0.2, 0) is 0 Å². The summed E-state index contributed by atoms with van der Waals surface area (Å²) in [4.78, 5) is 2.45. The van der Waals surface area contributed by atoms with Crippen molar-refractivity contribution in [1.29, 1.82) is 0 Å². The molecule has 9 rings (SSSR count). The van der Waals surface area contributed by atoms with Crippen molar-refractivity contribution < 1.29 is 0 Å². The Kier molecular flexibility index (Phi) is 5.48. The highest BCUT2D eigenvalue weighted by atomic mass is 15.1. The van der Waals surface area contributed by atoms with Crippen molar-refractivity contribution in [3.05, 3.63) is 162 Å². The zero-order chi connectivity index (χ0) is 29.2. The predicted molar refractivity (Wildman–Crippen MR) is 191 cm³/mol.